The van der Waals surface area contributed by atoms with Crippen molar-refractivity contribution in [3.8, 4) is 0 Å². The van der Waals surface area contributed by atoms with Crippen LogP contribution in [0.1, 0.15) is 25.3 Å². The molecule has 2 aromatic rings. The van der Waals surface area contributed by atoms with Gasteiger partial charge in [-0.05, 0) is 23.8 Å². The predicted octanol–water partition coefficient (Wildman–Crippen LogP) is 3.05. The molecule has 0 spiro atoms. The quantitative estimate of drug-likeness (QED) is 0.468. The molecule has 10 heteroatoms. The highest BCUT2D eigenvalue weighted by Crippen LogP contribution is 2.23. The van der Waals surface area contributed by atoms with Crippen LogP contribution in [0.2, 0.25) is 5.02 Å². The third-order valence-corrected chi connectivity index (χ3v) is 6.13. The van der Waals surface area contributed by atoms with Gasteiger partial charge in [-0.15, -0.1) is 0 Å². The third kappa shape index (κ3) is 5.85. The first kappa shape index (κ1) is 23.6. The van der Waals surface area contributed by atoms with E-state index >= 15 is 0 Å². The first-order valence-electron chi connectivity index (χ1n) is 11.1. The molecule has 1 aromatic heterocycles. The molecule has 0 unspecified atom stereocenters. The van der Waals surface area contributed by atoms with Crippen LogP contribution >= 0.6 is 11.6 Å². The van der Waals surface area contributed by atoms with E-state index in [2.05, 4.69) is 36.7 Å². The van der Waals surface area contributed by atoms with Crippen LogP contribution < -0.4 is 10.6 Å². The van der Waals surface area contributed by atoms with Crippen LogP contribution in [-0.2, 0) is 16.1 Å². The number of benzene rings is 1. The van der Waals surface area contributed by atoms with Crippen LogP contribution in [-0.4, -0.2) is 68.9 Å². The Morgan fingerprint density at radius 3 is 2.82 bits per heavy atom. The zero-order valence-electron chi connectivity index (χ0n) is 19.0. The summed E-state index contributed by atoms with van der Waals surface area (Å²) >= 11 is 6.28. The summed E-state index contributed by atoms with van der Waals surface area (Å²) in [6.45, 7) is 7.88. The van der Waals surface area contributed by atoms with E-state index in [4.69, 9.17) is 11.6 Å². The summed E-state index contributed by atoms with van der Waals surface area (Å²) < 4.78 is 2.27. The summed E-state index contributed by atoms with van der Waals surface area (Å²) in [5, 5.41) is 6.35. The Morgan fingerprint density at radius 1 is 1.35 bits per heavy atom. The number of nitrogens with one attached hydrogen (secondary N) is 2. The monoisotopic (exact) mass is 480 g/mol. The number of nitrogens with zero attached hydrogens (tertiary/aromatic N) is 5. The van der Waals surface area contributed by atoms with Crippen LogP contribution in [0.3, 0.4) is 0 Å². The summed E-state index contributed by atoms with van der Waals surface area (Å²) in [6.07, 6.45) is 6.72. The van der Waals surface area contributed by atoms with Crippen molar-refractivity contribution in [3.05, 3.63) is 53.7 Å². The van der Waals surface area contributed by atoms with E-state index in [1.165, 1.54) is 12.3 Å². The lowest BCUT2D eigenvalue weighted by Crippen LogP contribution is -2.48. The topological polar surface area (TPSA) is 103 Å². The van der Waals surface area contributed by atoms with Crippen molar-refractivity contribution < 1.29 is 14.2 Å². The van der Waals surface area contributed by atoms with E-state index < -0.39 is 0 Å². The number of hydrogen-bond donors (Lipinski definition) is 2. The molecule has 2 N–H and O–H groups in total. The zero-order valence-corrected chi connectivity index (χ0v) is 19.8. The molecular weight excluding hydrogens is 454 g/mol. The Balaban J connectivity index is 1.36. The Kier molecular flexibility index (Phi) is 7.32. The second-order valence-electron chi connectivity index (χ2n) is 8.26. The van der Waals surface area contributed by atoms with Crippen molar-refractivity contribution in [3.63, 3.8) is 0 Å². The minimum atomic E-state index is -0.263. The highest BCUT2D eigenvalue weighted by Gasteiger charge is 2.34. The van der Waals surface area contributed by atoms with Crippen LogP contribution in [0.15, 0.2) is 48.1 Å². The minimum Gasteiger partial charge on any atom is -0.365 e. The highest BCUT2D eigenvalue weighted by molar-refractivity contribution is 6.33. The van der Waals surface area contributed by atoms with Gasteiger partial charge in [0, 0.05) is 45.1 Å². The largest absolute Gasteiger partial charge is 0.365 e. The predicted molar refractivity (Wildman–Crippen MR) is 133 cm³/mol. The SMILES string of the molecule is C=CC(=O)Nc1cccc(CNc2nc(N=C3C=[N+](C4CCN(C(C)=O)CC4)C3)ncc2Cl)c1. The van der Waals surface area contributed by atoms with Gasteiger partial charge in [0.25, 0.3) is 5.95 Å². The Bertz CT molecular complexity index is 1170. The normalized spacial score (nSPS) is 17.1. The maximum atomic E-state index is 11.5. The number of amides is 2. The fourth-order valence-corrected chi connectivity index (χ4v) is 4.12. The molecule has 1 saturated heterocycles. The Hall–Kier alpha value is -3.59. The van der Waals surface area contributed by atoms with Gasteiger partial charge < -0.3 is 15.5 Å². The van der Waals surface area contributed by atoms with Gasteiger partial charge in [-0.2, -0.15) is 4.98 Å². The lowest BCUT2D eigenvalue weighted by molar-refractivity contribution is -0.562. The van der Waals surface area contributed by atoms with Gasteiger partial charge in [0.15, 0.2) is 30.3 Å². The first-order valence-corrected chi connectivity index (χ1v) is 11.5. The first-order chi connectivity index (χ1) is 16.4. The number of carbonyl (C=O) groups excluding carboxylic acids is 2. The van der Waals surface area contributed by atoms with Gasteiger partial charge in [0.1, 0.15) is 5.02 Å². The van der Waals surface area contributed by atoms with Crippen molar-refractivity contribution in [1.29, 1.82) is 0 Å². The number of hydrogen-bond acceptors (Lipinski definition) is 6. The molecule has 2 amide bonds. The molecule has 0 saturated carbocycles. The number of halogens is 1. The van der Waals surface area contributed by atoms with Gasteiger partial charge in [0.05, 0.1) is 6.20 Å². The Morgan fingerprint density at radius 2 is 2.12 bits per heavy atom. The molecular formula is C24H27ClN7O2+. The molecule has 0 bridgehead atoms. The molecule has 1 fully saturated rings. The molecule has 9 nitrogen and oxygen atoms in total. The average Bonchev–Trinajstić information content (AvgIpc) is 2.81. The average molecular weight is 481 g/mol. The van der Waals surface area contributed by atoms with E-state index in [0.717, 1.165) is 43.8 Å². The maximum Gasteiger partial charge on any atom is 0.252 e. The van der Waals surface area contributed by atoms with Gasteiger partial charge in [-0.25, -0.2) is 14.6 Å². The van der Waals surface area contributed by atoms with Crippen LogP contribution in [0.25, 0.3) is 0 Å². The van der Waals surface area contributed by atoms with Crippen molar-refractivity contribution in [2.45, 2.75) is 32.4 Å². The summed E-state index contributed by atoms with van der Waals surface area (Å²) in [7, 11) is 0. The summed E-state index contributed by atoms with van der Waals surface area (Å²) in [4.78, 5) is 38.1. The number of anilines is 2. The standard InChI is InChI=1S/C24H26ClN7O2/c1-3-22(34)28-18-6-4-5-17(11-18)12-26-23-21(25)13-27-24(30-23)29-19-14-32(15-19)20-7-9-31(10-8-20)16(2)33/h3-6,11,13-14,20H,1,7-10,12,15H2,2H3,(H-,26,27,28,30,34)/p+1. The second kappa shape index (κ2) is 10.6. The van der Waals surface area contributed by atoms with Crippen molar-refractivity contribution in [1.82, 2.24) is 14.9 Å². The van der Waals surface area contributed by atoms with Gasteiger partial charge in [-0.3, -0.25) is 9.59 Å². The second-order valence-corrected chi connectivity index (χ2v) is 8.66. The molecule has 0 radical (unpaired) electrons. The molecule has 0 aliphatic carbocycles. The summed E-state index contributed by atoms with van der Waals surface area (Å²) in [5.41, 5.74) is 2.54. The number of piperidine rings is 1. The minimum absolute atomic E-state index is 0.143. The summed E-state index contributed by atoms with van der Waals surface area (Å²) in [6, 6.07) is 7.90. The fourth-order valence-electron chi connectivity index (χ4n) is 3.97. The molecule has 2 aliphatic heterocycles. The zero-order chi connectivity index (χ0) is 24.1. The fraction of sp³-hybridized carbons (Fsp3) is 0.333. The van der Waals surface area contributed by atoms with E-state index in [0.29, 0.717) is 35.1 Å². The molecule has 34 heavy (non-hydrogen) atoms. The van der Waals surface area contributed by atoms with Gasteiger partial charge in [0.2, 0.25) is 11.8 Å². The molecule has 2 aliphatic rings. The number of aliphatic imine (C=N–C) groups is 1. The Labute approximate surface area is 203 Å². The molecule has 1 aromatic carbocycles. The number of aromatic nitrogens is 2. The van der Waals surface area contributed by atoms with Crippen molar-refractivity contribution in [2.24, 2.45) is 4.99 Å². The highest BCUT2D eigenvalue weighted by atomic mass is 35.5. The van der Waals surface area contributed by atoms with Crippen LogP contribution in [0.5, 0.6) is 0 Å². The van der Waals surface area contributed by atoms with Crippen LogP contribution in [0.4, 0.5) is 17.5 Å². The third-order valence-electron chi connectivity index (χ3n) is 5.85. The van der Waals surface area contributed by atoms with Crippen molar-refractivity contribution in [2.75, 3.05) is 30.3 Å². The molecule has 176 valence electrons. The lowest BCUT2D eigenvalue weighted by atomic mass is 10.0. The van der Waals surface area contributed by atoms with Crippen molar-refractivity contribution >= 4 is 52.8 Å². The lowest BCUT2D eigenvalue weighted by Gasteiger charge is -2.31. The number of likely N-dealkylation sites (tertiary alicyclic amines) is 1. The summed E-state index contributed by atoms with van der Waals surface area (Å²) in [5.74, 6) is 0.714. The van der Waals surface area contributed by atoms with E-state index in [1.807, 2.05) is 35.4 Å². The van der Waals surface area contributed by atoms with E-state index in [9.17, 15) is 9.59 Å². The maximum absolute atomic E-state index is 11.5. The number of rotatable bonds is 7. The van der Waals surface area contributed by atoms with Crippen LogP contribution in [0, 0.1) is 0 Å². The van der Waals surface area contributed by atoms with Gasteiger partial charge in [-0.1, -0.05) is 30.3 Å². The van der Waals surface area contributed by atoms with E-state index in [-0.39, 0.29) is 11.8 Å². The van der Waals surface area contributed by atoms with E-state index in [1.54, 1.807) is 6.92 Å². The molecule has 4 rings (SSSR count). The molecule has 3 heterocycles. The number of carbonyl (C=O) groups is 2. The van der Waals surface area contributed by atoms with Gasteiger partial charge >= 0.3 is 0 Å². The smallest absolute Gasteiger partial charge is 0.252 e. The molecule has 0 atom stereocenters.